The van der Waals surface area contributed by atoms with Crippen molar-refractivity contribution in [2.45, 2.75) is 13.0 Å². The molecule has 0 saturated heterocycles. The van der Waals surface area contributed by atoms with Gasteiger partial charge < -0.3 is 10.4 Å². The van der Waals surface area contributed by atoms with Gasteiger partial charge >= 0.3 is 0 Å². The van der Waals surface area contributed by atoms with Crippen molar-refractivity contribution in [3.8, 4) is 0 Å². The Labute approximate surface area is 92.5 Å². The first-order valence-corrected chi connectivity index (χ1v) is 5.31. The van der Waals surface area contributed by atoms with Crippen LogP contribution in [0.1, 0.15) is 17.2 Å². The second-order valence-corrected chi connectivity index (χ2v) is 4.14. The number of aliphatic hydroxyl groups is 1. The lowest BCUT2D eigenvalue weighted by Crippen LogP contribution is -2.21. The van der Waals surface area contributed by atoms with Crippen molar-refractivity contribution in [2.75, 3.05) is 13.7 Å². The maximum absolute atomic E-state index is 9.13. The molecule has 0 bridgehead atoms. The lowest BCUT2D eigenvalue weighted by Gasteiger charge is -2.16. The number of rotatable bonds is 3. The fraction of sp³-hybridized carbons (Fsp3) is 0.400. The van der Waals surface area contributed by atoms with Crippen LogP contribution in [0.4, 0.5) is 0 Å². The van der Waals surface area contributed by atoms with E-state index < -0.39 is 0 Å². The highest BCUT2D eigenvalue weighted by Gasteiger charge is 2.10. The molecular weight excluding hydrogens is 277 g/mol. The van der Waals surface area contributed by atoms with Crippen molar-refractivity contribution in [1.82, 2.24) is 5.32 Å². The highest BCUT2D eigenvalue weighted by atomic mass is 127. The van der Waals surface area contributed by atoms with E-state index in [1.807, 2.05) is 13.1 Å². The van der Waals surface area contributed by atoms with E-state index in [0.29, 0.717) is 0 Å². The predicted octanol–water partition coefficient (Wildman–Crippen LogP) is 1.85. The topological polar surface area (TPSA) is 32.3 Å². The Bertz CT molecular complexity index is 284. The fourth-order valence-corrected chi connectivity index (χ4v) is 1.87. The molecule has 0 spiro atoms. The molecule has 0 aliphatic heterocycles. The number of halogens is 1. The molecule has 1 atom stereocenters. The van der Waals surface area contributed by atoms with Crippen molar-refractivity contribution >= 4 is 22.6 Å². The van der Waals surface area contributed by atoms with E-state index in [9.17, 15) is 0 Å². The molecule has 2 nitrogen and oxygen atoms in total. The van der Waals surface area contributed by atoms with Crippen LogP contribution in [-0.2, 0) is 0 Å². The highest BCUT2D eigenvalue weighted by Crippen LogP contribution is 2.21. The molecular formula is C10H14INO. The quantitative estimate of drug-likeness (QED) is 0.833. The molecule has 72 valence electrons. The molecule has 2 N–H and O–H groups in total. The summed E-state index contributed by atoms with van der Waals surface area (Å²) in [4.78, 5) is 0. The molecule has 0 aromatic heterocycles. The van der Waals surface area contributed by atoms with Gasteiger partial charge in [0.25, 0.3) is 0 Å². The zero-order valence-corrected chi connectivity index (χ0v) is 10.00. The van der Waals surface area contributed by atoms with E-state index >= 15 is 0 Å². The summed E-state index contributed by atoms with van der Waals surface area (Å²) in [6.45, 7) is 2.22. The van der Waals surface area contributed by atoms with E-state index in [4.69, 9.17) is 5.11 Å². The molecule has 0 unspecified atom stereocenters. The molecule has 0 amide bonds. The van der Waals surface area contributed by atoms with Gasteiger partial charge in [-0.25, -0.2) is 0 Å². The number of aliphatic hydroxyl groups excluding tert-OH is 1. The van der Waals surface area contributed by atoms with Crippen LogP contribution >= 0.6 is 22.6 Å². The minimum atomic E-state index is 0.0507. The Balaban J connectivity index is 3.05. The van der Waals surface area contributed by atoms with Gasteiger partial charge in [0.2, 0.25) is 0 Å². The number of benzene rings is 1. The molecule has 0 radical (unpaired) electrons. The Kier molecular flexibility index (Phi) is 4.15. The summed E-state index contributed by atoms with van der Waals surface area (Å²) < 4.78 is 1.24. The van der Waals surface area contributed by atoms with Crippen LogP contribution in [0, 0.1) is 10.5 Å². The van der Waals surface area contributed by atoms with Gasteiger partial charge in [-0.2, -0.15) is 0 Å². The summed E-state index contributed by atoms with van der Waals surface area (Å²) in [5, 5.41) is 12.2. The van der Waals surface area contributed by atoms with Gasteiger partial charge in [0.05, 0.1) is 12.6 Å². The molecule has 0 aliphatic carbocycles. The second kappa shape index (κ2) is 4.93. The molecule has 13 heavy (non-hydrogen) atoms. The van der Waals surface area contributed by atoms with Crippen LogP contribution in [0.25, 0.3) is 0 Å². The third-order valence-corrected chi connectivity index (χ3v) is 3.38. The number of hydrogen-bond acceptors (Lipinski definition) is 2. The van der Waals surface area contributed by atoms with Crippen molar-refractivity contribution in [3.63, 3.8) is 0 Å². The van der Waals surface area contributed by atoms with E-state index in [-0.39, 0.29) is 12.6 Å². The molecule has 3 heteroatoms. The third kappa shape index (κ3) is 2.42. The zero-order valence-electron chi connectivity index (χ0n) is 7.84. The standard InChI is InChI=1S/C10H14INO/c1-7-8(10(6-13)12-2)4-3-5-9(7)11/h3-5,10,12-13H,6H2,1-2H3/t10-/m0/s1. The van der Waals surface area contributed by atoms with E-state index in [1.54, 1.807) is 0 Å². The van der Waals surface area contributed by atoms with Gasteiger partial charge in [0.1, 0.15) is 0 Å². The first kappa shape index (κ1) is 10.9. The van der Waals surface area contributed by atoms with Gasteiger partial charge in [-0.1, -0.05) is 12.1 Å². The van der Waals surface area contributed by atoms with E-state index in [1.165, 1.54) is 14.7 Å². The summed E-state index contributed by atoms with van der Waals surface area (Å²) in [6, 6.07) is 6.19. The minimum absolute atomic E-state index is 0.0507. The van der Waals surface area contributed by atoms with Crippen LogP contribution in [0.2, 0.25) is 0 Å². The van der Waals surface area contributed by atoms with Crippen molar-refractivity contribution < 1.29 is 5.11 Å². The lowest BCUT2D eigenvalue weighted by atomic mass is 10.0. The molecule has 0 heterocycles. The maximum Gasteiger partial charge on any atom is 0.0626 e. The zero-order chi connectivity index (χ0) is 9.84. The Morgan fingerprint density at radius 2 is 2.23 bits per heavy atom. The van der Waals surface area contributed by atoms with Gasteiger partial charge in [-0.3, -0.25) is 0 Å². The van der Waals surface area contributed by atoms with Gasteiger partial charge in [-0.05, 0) is 53.8 Å². The van der Waals surface area contributed by atoms with Crippen LogP contribution in [-0.4, -0.2) is 18.8 Å². The molecule has 1 rings (SSSR count). The fourth-order valence-electron chi connectivity index (χ4n) is 1.35. The average molecular weight is 291 g/mol. The molecule has 1 aromatic rings. The first-order valence-electron chi connectivity index (χ1n) is 4.23. The summed E-state index contributed by atoms with van der Waals surface area (Å²) in [5.74, 6) is 0. The van der Waals surface area contributed by atoms with Crippen molar-refractivity contribution in [3.05, 3.63) is 32.9 Å². The van der Waals surface area contributed by atoms with Crippen LogP contribution in [0.15, 0.2) is 18.2 Å². The number of likely N-dealkylation sites (N-methyl/N-ethyl adjacent to an activating group) is 1. The Morgan fingerprint density at radius 3 is 2.77 bits per heavy atom. The van der Waals surface area contributed by atoms with Gasteiger partial charge in [0.15, 0.2) is 0 Å². The SMILES string of the molecule is CN[C@@H](CO)c1cccc(I)c1C. The third-order valence-electron chi connectivity index (χ3n) is 2.22. The maximum atomic E-state index is 9.13. The Morgan fingerprint density at radius 1 is 1.54 bits per heavy atom. The predicted molar refractivity (Wildman–Crippen MR) is 62.8 cm³/mol. The molecule has 0 aliphatic rings. The van der Waals surface area contributed by atoms with Crippen LogP contribution in [0.5, 0.6) is 0 Å². The van der Waals surface area contributed by atoms with Gasteiger partial charge in [0, 0.05) is 3.57 Å². The largest absolute Gasteiger partial charge is 0.394 e. The summed E-state index contributed by atoms with van der Waals surface area (Å²) in [6.07, 6.45) is 0. The normalized spacial score (nSPS) is 12.9. The van der Waals surface area contributed by atoms with Crippen molar-refractivity contribution in [2.24, 2.45) is 0 Å². The molecule has 0 fully saturated rings. The highest BCUT2D eigenvalue weighted by molar-refractivity contribution is 14.1. The monoisotopic (exact) mass is 291 g/mol. The van der Waals surface area contributed by atoms with Crippen molar-refractivity contribution in [1.29, 1.82) is 0 Å². The summed E-state index contributed by atoms with van der Waals surface area (Å²) in [5.41, 5.74) is 2.42. The number of nitrogens with one attached hydrogen (secondary N) is 1. The smallest absolute Gasteiger partial charge is 0.0626 e. The minimum Gasteiger partial charge on any atom is -0.394 e. The van der Waals surface area contributed by atoms with E-state index in [2.05, 4.69) is 47.0 Å². The second-order valence-electron chi connectivity index (χ2n) is 2.98. The summed E-state index contributed by atoms with van der Waals surface area (Å²) in [7, 11) is 1.86. The molecule has 0 saturated carbocycles. The first-order chi connectivity index (χ1) is 6.20. The van der Waals surface area contributed by atoms with E-state index in [0.717, 1.165) is 0 Å². The van der Waals surface area contributed by atoms with Crippen LogP contribution in [0.3, 0.4) is 0 Å². The summed E-state index contributed by atoms with van der Waals surface area (Å²) >= 11 is 2.31. The van der Waals surface area contributed by atoms with Gasteiger partial charge in [-0.15, -0.1) is 0 Å². The lowest BCUT2D eigenvalue weighted by molar-refractivity contribution is 0.250. The number of hydrogen-bond donors (Lipinski definition) is 2. The Hall–Kier alpha value is -0.130. The average Bonchev–Trinajstić information content (AvgIpc) is 2.14. The van der Waals surface area contributed by atoms with Crippen LogP contribution < -0.4 is 5.32 Å². The molecule has 1 aromatic carbocycles.